The summed E-state index contributed by atoms with van der Waals surface area (Å²) >= 11 is 0. The second-order valence-corrected chi connectivity index (χ2v) is 7.20. The van der Waals surface area contributed by atoms with Crippen molar-refractivity contribution in [3.63, 3.8) is 0 Å². The van der Waals surface area contributed by atoms with Crippen molar-refractivity contribution >= 4 is 11.5 Å². The standard InChI is InChI=1S/C20H25N3O2/c1-21-19-20(7-4-8-20)16-12-18(25-2)14(11-17(16)22-19)5-3-9-23-10-6-15(24)13-23/h11-12,15,24H,4,6-10,13H2,1-2H3,(H,21,22). The number of β-amino-alcohol motifs (C(OH)–C–C–N with tert-alkyl or cyclic N) is 1. The summed E-state index contributed by atoms with van der Waals surface area (Å²) in [4.78, 5) is 6.99. The molecule has 0 amide bonds. The molecule has 132 valence electrons. The van der Waals surface area contributed by atoms with Crippen molar-refractivity contribution in [3.05, 3.63) is 23.3 Å². The Labute approximate surface area is 149 Å². The van der Waals surface area contributed by atoms with Gasteiger partial charge in [-0.2, -0.15) is 0 Å². The number of ether oxygens (including phenoxy) is 1. The molecule has 25 heavy (non-hydrogen) atoms. The Morgan fingerprint density at radius 2 is 2.28 bits per heavy atom. The second kappa shape index (κ2) is 6.36. The quantitative estimate of drug-likeness (QED) is 0.807. The minimum absolute atomic E-state index is 0.0645. The number of aliphatic hydroxyl groups is 1. The first kappa shape index (κ1) is 16.4. The smallest absolute Gasteiger partial charge is 0.134 e. The molecule has 1 saturated heterocycles. The molecular formula is C20H25N3O2. The molecule has 1 atom stereocenters. The van der Waals surface area contributed by atoms with E-state index in [4.69, 9.17) is 9.73 Å². The van der Waals surface area contributed by atoms with Gasteiger partial charge in [0, 0.05) is 20.1 Å². The summed E-state index contributed by atoms with van der Waals surface area (Å²) in [7, 11) is 3.65. The number of nitrogens with zero attached hydrogens (tertiary/aromatic N) is 2. The zero-order valence-corrected chi connectivity index (χ0v) is 14.9. The molecule has 4 rings (SSSR count). The van der Waals surface area contributed by atoms with E-state index in [0.717, 1.165) is 48.6 Å². The molecule has 2 N–H and O–H groups in total. The van der Waals surface area contributed by atoms with Crippen molar-refractivity contribution in [3.8, 4) is 17.6 Å². The summed E-state index contributed by atoms with van der Waals surface area (Å²) in [6.07, 6.45) is 4.17. The van der Waals surface area contributed by atoms with Crippen molar-refractivity contribution < 1.29 is 9.84 Å². The summed E-state index contributed by atoms with van der Waals surface area (Å²) in [5.41, 5.74) is 3.24. The Morgan fingerprint density at radius 3 is 2.88 bits per heavy atom. The van der Waals surface area contributed by atoms with Crippen molar-refractivity contribution in [2.45, 2.75) is 37.2 Å². The monoisotopic (exact) mass is 339 g/mol. The third kappa shape index (κ3) is 2.70. The number of hydrogen-bond donors (Lipinski definition) is 2. The van der Waals surface area contributed by atoms with Crippen molar-refractivity contribution in [2.75, 3.05) is 33.8 Å². The highest BCUT2D eigenvalue weighted by molar-refractivity contribution is 6.01. The summed E-state index contributed by atoms with van der Waals surface area (Å²) < 4.78 is 5.61. The molecule has 5 heteroatoms. The van der Waals surface area contributed by atoms with Gasteiger partial charge >= 0.3 is 0 Å². The van der Waals surface area contributed by atoms with Gasteiger partial charge in [0.1, 0.15) is 11.6 Å². The lowest BCUT2D eigenvalue weighted by molar-refractivity contribution is 0.180. The molecule has 0 aromatic heterocycles. The number of likely N-dealkylation sites (tertiary alicyclic amines) is 1. The first-order valence-electron chi connectivity index (χ1n) is 9.05. The number of likely N-dealkylation sites (N-methyl/N-ethyl adjacent to an activating group) is 1. The van der Waals surface area contributed by atoms with Crippen molar-refractivity contribution in [1.29, 1.82) is 0 Å². The minimum atomic E-state index is -0.204. The first-order chi connectivity index (χ1) is 12.2. The van der Waals surface area contributed by atoms with Gasteiger partial charge in [0.25, 0.3) is 0 Å². The molecule has 3 aliphatic rings. The van der Waals surface area contributed by atoms with E-state index in [1.165, 1.54) is 12.0 Å². The highest BCUT2D eigenvalue weighted by Gasteiger charge is 2.48. The lowest BCUT2D eigenvalue weighted by atomic mass is 9.64. The fourth-order valence-electron chi connectivity index (χ4n) is 4.20. The lowest BCUT2D eigenvalue weighted by Crippen LogP contribution is -2.45. The van der Waals surface area contributed by atoms with Gasteiger partial charge < -0.3 is 15.2 Å². The summed E-state index contributed by atoms with van der Waals surface area (Å²) in [5.74, 6) is 8.37. The average molecular weight is 339 g/mol. The molecule has 0 bridgehead atoms. The van der Waals surface area contributed by atoms with E-state index in [9.17, 15) is 5.11 Å². The van der Waals surface area contributed by atoms with Crippen LogP contribution < -0.4 is 10.1 Å². The predicted molar refractivity (Wildman–Crippen MR) is 98.6 cm³/mol. The molecule has 2 fully saturated rings. The van der Waals surface area contributed by atoms with Gasteiger partial charge in [-0.05, 0) is 37.0 Å². The van der Waals surface area contributed by atoms with Crippen LogP contribution in [0.3, 0.4) is 0 Å². The topological polar surface area (TPSA) is 57.1 Å². The van der Waals surface area contributed by atoms with Gasteiger partial charge in [-0.1, -0.05) is 18.3 Å². The molecule has 2 heterocycles. The number of benzene rings is 1. The van der Waals surface area contributed by atoms with Gasteiger partial charge in [0.05, 0.1) is 36.4 Å². The van der Waals surface area contributed by atoms with Crippen molar-refractivity contribution in [1.82, 2.24) is 10.2 Å². The molecule has 1 unspecified atom stereocenters. The maximum atomic E-state index is 9.60. The Kier molecular flexibility index (Phi) is 4.18. The number of aliphatic imine (C=N–C) groups is 1. The molecule has 1 aromatic carbocycles. The predicted octanol–water partition coefficient (Wildman–Crippen LogP) is 1.80. The number of nitrogens with one attached hydrogen (secondary N) is 1. The molecule has 1 aliphatic carbocycles. The van der Waals surface area contributed by atoms with Crippen LogP contribution in [0.25, 0.3) is 0 Å². The third-order valence-corrected chi connectivity index (χ3v) is 5.74. The Morgan fingerprint density at radius 1 is 1.44 bits per heavy atom. The van der Waals surface area contributed by atoms with E-state index in [1.54, 1.807) is 7.11 Å². The Hall–Kier alpha value is -2.03. The second-order valence-electron chi connectivity index (χ2n) is 7.20. The van der Waals surface area contributed by atoms with E-state index >= 15 is 0 Å². The van der Waals surface area contributed by atoms with Gasteiger partial charge in [-0.15, -0.1) is 0 Å². The lowest BCUT2D eigenvalue weighted by Gasteiger charge is -2.40. The maximum Gasteiger partial charge on any atom is 0.134 e. The summed E-state index contributed by atoms with van der Waals surface area (Å²) in [5, 5.41) is 12.9. The summed E-state index contributed by atoms with van der Waals surface area (Å²) in [6.45, 7) is 2.30. The molecule has 1 saturated carbocycles. The van der Waals surface area contributed by atoms with Crippen LogP contribution in [-0.4, -0.2) is 55.7 Å². The van der Waals surface area contributed by atoms with Crippen LogP contribution >= 0.6 is 0 Å². The zero-order valence-electron chi connectivity index (χ0n) is 14.9. The highest BCUT2D eigenvalue weighted by atomic mass is 16.5. The third-order valence-electron chi connectivity index (χ3n) is 5.74. The Bertz CT molecular complexity index is 771. The van der Waals surface area contributed by atoms with Crippen molar-refractivity contribution in [2.24, 2.45) is 4.99 Å². The van der Waals surface area contributed by atoms with Crippen LogP contribution in [0.4, 0.5) is 5.69 Å². The van der Waals surface area contributed by atoms with E-state index in [1.807, 2.05) is 7.05 Å². The molecule has 0 radical (unpaired) electrons. The number of hydrogen-bond acceptors (Lipinski definition) is 5. The van der Waals surface area contributed by atoms with E-state index in [0.29, 0.717) is 13.1 Å². The van der Waals surface area contributed by atoms with E-state index in [2.05, 4.69) is 34.2 Å². The van der Waals surface area contributed by atoms with Crippen LogP contribution in [0.1, 0.15) is 36.8 Å². The van der Waals surface area contributed by atoms with Crippen LogP contribution in [0, 0.1) is 11.8 Å². The van der Waals surface area contributed by atoms with E-state index in [-0.39, 0.29) is 11.5 Å². The fraction of sp³-hybridized carbons (Fsp3) is 0.550. The number of fused-ring (bicyclic) bond motifs is 2. The Balaban J connectivity index is 1.61. The SMILES string of the molecule is CNC1=Nc2cc(C#CCN3CCC(O)C3)c(OC)cc2C12CCC2. The molecular weight excluding hydrogens is 314 g/mol. The fourth-order valence-corrected chi connectivity index (χ4v) is 4.20. The van der Waals surface area contributed by atoms with Crippen LogP contribution in [0.5, 0.6) is 5.75 Å². The van der Waals surface area contributed by atoms with Gasteiger partial charge in [0.15, 0.2) is 0 Å². The summed E-state index contributed by atoms with van der Waals surface area (Å²) in [6, 6.07) is 4.19. The molecule has 5 nitrogen and oxygen atoms in total. The van der Waals surface area contributed by atoms with Crippen LogP contribution in [0.15, 0.2) is 17.1 Å². The number of methoxy groups -OCH3 is 1. The molecule has 1 aromatic rings. The number of amidine groups is 1. The van der Waals surface area contributed by atoms with E-state index < -0.39 is 0 Å². The van der Waals surface area contributed by atoms with Gasteiger partial charge in [-0.25, -0.2) is 4.99 Å². The van der Waals surface area contributed by atoms with Gasteiger partial charge in [0.2, 0.25) is 0 Å². The van der Waals surface area contributed by atoms with Gasteiger partial charge in [-0.3, -0.25) is 4.90 Å². The maximum absolute atomic E-state index is 9.60. The zero-order chi connectivity index (χ0) is 17.4. The molecule has 1 spiro atoms. The van der Waals surface area contributed by atoms with Crippen LogP contribution in [0.2, 0.25) is 0 Å². The number of rotatable bonds is 2. The largest absolute Gasteiger partial charge is 0.495 e. The van der Waals surface area contributed by atoms with Crippen LogP contribution in [-0.2, 0) is 5.41 Å². The average Bonchev–Trinajstić information content (AvgIpc) is 3.13. The highest BCUT2D eigenvalue weighted by Crippen LogP contribution is 2.53. The normalized spacial score (nSPS) is 23.5. The molecule has 2 aliphatic heterocycles. The number of aliphatic hydroxyl groups excluding tert-OH is 1. The first-order valence-corrected chi connectivity index (χ1v) is 9.05. The minimum Gasteiger partial charge on any atom is -0.495 e.